The van der Waals surface area contributed by atoms with Gasteiger partial charge in [0.2, 0.25) is 16.9 Å². The highest BCUT2D eigenvalue weighted by Gasteiger charge is 2.34. The van der Waals surface area contributed by atoms with Gasteiger partial charge in [-0.05, 0) is 19.4 Å². The molecule has 2 amide bonds. The number of ether oxygens (including phenoxy) is 1. The summed E-state index contributed by atoms with van der Waals surface area (Å²) in [5, 5.41) is 11.0. The van der Waals surface area contributed by atoms with E-state index in [1.54, 1.807) is 11.8 Å². The lowest BCUT2D eigenvalue weighted by Crippen LogP contribution is -2.28. The summed E-state index contributed by atoms with van der Waals surface area (Å²) >= 11 is 2.40. The Balaban J connectivity index is 1.50. The van der Waals surface area contributed by atoms with Crippen LogP contribution >= 0.6 is 23.1 Å². The standard InChI is InChI=1S/C19H22N4O4S2/c1-3-27-16(25)11-28-19-22-21-18(29-19)20-17(26)14-8-15(24)23(10-14)9-13-6-4-12(2)5-7-13/h4-7,14H,3,8-11H2,1-2H3,(H,20,21,26). The van der Waals surface area contributed by atoms with Crippen LogP contribution in [-0.4, -0.2) is 51.8 Å². The Morgan fingerprint density at radius 1 is 1.31 bits per heavy atom. The Morgan fingerprint density at radius 2 is 2.07 bits per heavy atom. The highest BCUT2D eigenvalue weighted by atomic mass is 32.2. The van der Waals surface area contributed by atoms with Gasteiger partial charge in [-0.25, -0.2) is 0 Å². The molecule has 1 aromatic carbocycles. The number of carbonyl (C=O) groups excluding carboxylic acids is 3. The molecule has 0 saturated carbocycles. The summed E-state index contributed by atoms with van der Waals surface area (Å²) in [4.78, 5) is 37.9. The molecule has 1 N–H and O–H groups in total. The van der Waals surface area contributed by atoms with Crippen molar-refractivity contribution in [2.45, 2.75) is 31.2 Å². The smallest absolute Gasteiger partial charge is 0.316 e. The van der Waals surface area contributed by atoms with E-state index in [9.17, 15) is 14.4 Å². The molecule has 29 heavy (non-hydrogen) atoms. The van der Waals surface area contributed by atoms with Gasteiger partial charge < -0.3 is 15.0 Å². The van der Waals surface area contributed by atoms with Crippen molar-refractivity contribution in [3.63, 3.8) is 0 Å². The van der Waals surface area contributed by atoms with Gasteiger partial charge >= 0.3 is 5.97 Å². The molecule has 1 unspecified atom stereocenters. The van der Waals surface area contributed by atoms with Gasteiger partial charge in [-0.3, -0.25) is 14.4 Å². The van der Waals surface area contributed by atoms with E-state index in [4.69, 9.17) is 4.74 Å². The second kappa shape index (κ2) is 9.84. The van der Waals surface area contributed by atoms with Crippen LogP contribution in [0.15, 0.2) is 28.6 Å². The van der Waals surface area contributed by atoms with Gasteiger partial charge in [0.1, 0.15) is 0 Å². The number of anilines is 1. The lowest BCUT2D eigenvalue weighted by Gasteiger charge is -2.16. The summed E-state index contributed by atoms with van der Waals surface area (Å²) in [5.74, 6) is -0.887. The van der Waals surface area contributed by atoms with Crippen LogP contribution in [-0.2, 0) is 25.7 Å². The molecule has 1 saturated heterocycles. The zero-order chi connectivity index (χ0) is 20.8. The molecule has 10 heteroatoms. The minimum atomic E-state index is -0.424. The predicted octanol–water partition coefficient (Wildman–Crippen LogP) is 2.49. The number of nitrogens with zero attached hydrogens (tertiary/aromatic N) is 3. The van der Waals surface area contributed by atoms with E-state index in [2.05, 4.69) is 15.5 Å². The molecule has 3 rings (SSSR count). The number of esters is 1. The summed E-state index contributed by atoms with van der Waals surface area (Å²) in [6.07, 6.45) is 0.182. The first kappa shape index (κ1) is 21.3. The van der Waals surface area contributed by atoms with Crippen LogP contribution in [0.5, 0.6) is 0 Å². The van der Waals surface area contributed by atoms with Gasteiger partial charge in [0.25, 0.3) is 0 Å². The maximum absolute atomic E-state index is 12.5. The van der Waals surface area contributed by atoms with Crippen molar-refractivity contribution in [1.29, 1.82) is 0 Å². The van der Waals surface area contributed by atoms with E-state index in [1.165, 1.54) is 23.1 Å². The number of benzene rings is 1. The molecule has 154 valence electrons. The van der Waals surface area contributed by atoms with Crippen molar-refractivity contribution in [3.05, 3.63) is 35.4 Å². The van der Waals surface area contributed by atoms with Gasteiger partial charge in [0.15, 0.2) is 4.34 Å². The van der Waals surface area contributed by atoms with Gasteiger partial charge in [-0.2, -0.15) is 0 Å². The van der Waals surface area contributed by atoms with Crippen molar-refractivity contribution in [1.82, 2.24) is 15.1 Å². The summed E-state index contributed by atoms with van der Waals surface area (Å²) in [6, 6.07) is 8.00. The van der Waals surface area contributed by atoms with Gasteiger partial charge in [-0.15, -0.1) is 10.2 Å². The van der Waals surface area contributed by atoms with Crippen molar-refractivity contribution in [3.8, 4) is 0 Å². The normalized spacial score (nSPS) is 16.1. The number of nitrogens with one attached hydrogen (secondary N) is 1. The lowest BCUT2D eigenvalue weighted by atomic mass is 10.1. The molecule has 1 aromatic heterocycles. The fraction of sp³-hybridized carbons (Fsp3) is 0.421. The Hall–Kier alpha value is -2.46. The number of rotatable bonds is 8. The quantitative estimate of drug-likeness (QED) is 0.387. The average Bonchev–Trinajstić information content (AvgIpc) is 3.29. The first-order valence-electron chi connectivity index (χ1n) is 9.20. The van der Waals surface area contributed by atoms with Crippen LogP contribution in [0.2, 0.25) is 0 Å². The number of carbonyl (C=O) groups is 3. The summed E-state index contributed by atoms with van der Waals surface area (Å²) in [5.41, 5.74) is 2.20. The van der Waals surface area contributed by atoms with Gasteiger partial charge in [-0.1, -0.05) is 52.9 Å². The topological polar surface area (TPSA) is 101 Å². The molecule has 1 atom stereocenters. The van der Waals surface area contributed by atoms with Crippen LogP contribution in [0.4, 0.5) is 5.13 Å². The first-order valence-corrected chi connectivity index (χ1v) is 11.0. The summed E-state index contributed by atoms with van der Waals surface area (Å²) in [6.45, 7) is 4.96. The maximum Gasteiger partial charge on any atom is 0.316 e. The molecular formula is C19H22N4O4S2. The maximum atomic E-state index is 12.5. The molecule has 0 radical (unpaired) electrons. The number of aryl methyl sites for hydroxylation is 1. The van der Waals surface area contributed by atoms with E-state index < -0.39 is 5.92 Å². The number of hydrogen-bond donors (Lipinski definition) is 1. The molecule has 0 spiro atoms. The minimum absolute atomic E-state index is 0.0336. The number of aromatic nitrogens is 2. The van der Waals surface area contributed by atoms with E-state index in [1.807, 2.05) is 31.2 Å². The fourth-order valence-corrected chi connectivity index (χ4v) is 4.42. The SMILES string of the molecule is CCOC(=O)CSc1nnc(NC(=O)C2CC(=O)N(Cc3ccc(C)cc3)C2)s1. The number of hydrogen-bond acceptors (Lipinski definition) is 8. The molecule has 2 aromatic rings. The second-order valence-corrected chi connectivity index (χ2v) is 8.82. The second-order valence-electron chi connectivity index (χ2n) is 6.62. The Labute approximate surface area is 177 Å². The Morgan fingerprint density at radius 3 is 2.79 bits per heavy atom. The van der Waals surface area contributed by atoms with E-state index >= 15 is 0 Å². The van der Waals surface area contributed by atoms with Crippen LogP contribution in [0.3, 0.4) is 0 Å². The number of amides is 2. The Kier molecular flexibility index (Phi) is 7.21. The molecule has 1 aliphatic rings. The summed E-state index contributed by atoms with van der Waals surface area (Å²) in [7, 11) is 0. The third-order valence-corrected chi connectivity index (χ3v) is 6.28. The fourth-order valence-electron chi connectivity index (χ4n) is 2.86. The third kappa shape index (κ3) is 6.01. The number of likely N-dealkylation sites (tertiary alicyclic amines) is 1. The van der Waals surface area contributed by atoms with Crippen molar-refractivity contribution in [2.75, 3.05) is 24.2 Å². The zero-order valence-corrected chi connectivity index (χ0v) is 17.8. The lowest BCUT2D eigenvalue weighted by molar-refractivity contribution is -0.139. The number of thioether (sulfide) groups is 1. The zero-order valence-electron chi connectivity index (χ0n) is 16.2. The van der Waals surface area contributed by atoms with Crippen LogP contribution in [0.25, 0.3) is 0 Å². The molecule has 8 nitrogen and oxygen atoms in total. The summed E-state index contributed by atoms with van der Waals surface area (Å²) < 4.78 is 5.43. The third-order valence-electron chi connectivity index (χ3n) is 4.33. The van der Waals surface area contributed by atoms with E-state index in [0.717, 1.165) is 11.1 Å². The largest absolute Gasteiger partial charge is 0.465 e. The highest BCUT2D eigenvalue weighted by Crippen LogP contribution is 2.27. The van der Waals surface area contributed by atoms with Gasteiger partial charge in [0, 0.05) is 19.5 Å². The Bertz CT molecular complexity index is 885. The minimum Gasteiger partial charge on any atom is -0.465 e. The first-order chi connectivity index (χ1) is 13.9. The molecule has 2 heterocycles. The predicted molar refractivity (Wildman–Crippen MR) is 111 cm³/mol. The van der Waals surface area contributed by atoms with Crippen molar-refractivity contribution < 1.29 is 19.1 Å². The van der Waals surface area contributed by atoms with Crippen LogP contribution in [0.1, 0.15) is 24.5 Å². The molecule has 0 aliphatic carbocycles. The molecular weight excluding hydrogens is 412 g/mol. The van der Waals surface area contributed by atoms with Crippen LogP contribution in [0, 0.1) is 12.8 Å². The van der Waals surface area contributed by atoms with Crippen molar-refractivity contribution >= 4 is 46.0 Å². The molecule has 0 bridgehead atoms. The highest BCUT2D eigenvalue weighted by molar-refractivity contribution is 8.01. The van der Waals surface area contributed by atoms with E-state index in [-0.39, 0.29) is 30.0 Å². The van der Waals surface area contributed by atoms with Crippen LogP contribution < -0.4 is 5.32 Å². The average molecular weight is 435 g/mol. The van der Waals surface area contributed by atoms with E-state index in [0.29, 0.717) is 29.2 Å². The van der Waals surface area contributed by atoms with Gasteiger partial charge in [0.05, 0.1) is 18.3 Å². The molecule has 1 aliphatic heterocycles. The monoisotopic (exact) mass is 434 g/mol. The van der Waals surface area contributed by atoms with Crippen molar-refractivity contribution in [2.24, 2.45) is 5.92 Å². The molecule has 1 fully saturated rings.